The van der Waals surface area contributed by atoms with Crippen molar-refractivity contribution in [2.45, 2.75) is 31.2 Å². The number of anilines is 1. The van der Waals surface area contributed by atoms with Gasteiger partial charge in [0.1, 0.15) is 11.9 Å². The fourth-order valence-electron chi connectivity index (χ4n) is 3.52. The lowest BCUT2D eigenvalue weighted by Crippen LogP contribution is -2.64. The third-order valence-electron chi connectivity index (χ3n) is 5.26. The van der Waals surface area contributed by atoms with Crippen LogP contribution >= 0.6 is 0 Å². The van der Waals surface area contributed by atoms with Crippen molar-refractivity contribution in [1.82, 2.24) is 26.2 Å². The van der Waals surface area contributed by atoms with Gasteiger partial charge < -0.3 is 41.7 Å². The van der Waals surface area contributed by atoms with Gasteiger partial charge in [0.05, 0.1) is 6.04 Å². The third kappa shape index (κ3) is 5.72. The highest BCUT2D eigenvalue weighted by Gasteiger charge is 2.36. The zero-order chi connectivity index (χ0) is 24.8. The average Bonchev–Trinajstić information content (AvgIpc) is 2.79. The minimum absolute atomic E-state index is 0.137. The maximum Gasteiger partial charge on any atom is 0.326 e. The van der Waals surface area contributed by atoms with Crippen LogP contribution in [0.25, 0.3) is 0 Å². The number of rotatable bonds is 10. The van der Waals surface area contributed by atoms with Gasteiger partial charge in [0.2, 0.25) is 6.41 Å². The zero-order valence-corrected chi connectivity index (χ0v) is 17.9. The van der Waals surface area contributed by atoms with Crippen LogP contribution in [0.3, 0.4) is 0 Å². The molecule has 3 atom stereocenters. The predicted octanol–water partition coefficient (Wildman–Crippen LogP) is -2.29. The van der Waals surface area contributed by atoms with Crippen LogP contribution in [-0.2, 0) is 19.2 Å². The first kappa shape index (κ1) is 24.3. The Morgan fingerprint density at radius 2 is 1.91 bits per heavy atom. The van der Waals surface area contributed by atoms with E-state index in [9.17, 15) is 29.1 Å². The summed E-state index contributed by atoms with van der Waals surface area (Å²) in [5.74, 6) is -3.24. The van der Waals surface area contributed by atoms with E-state index in [4.69, 9.17) is 10.8 Å². The van der Waals surface area contributed by atoms with Gasteiger partial charge in [-0.3, -0.25) is 24.9 Å². The molecule has 182 valence electrons. The van der Waals surface area contributed by atoms with E-state index >= 15 is 0 Å². The fraction of sp³-hybridized carbons (Fsp3) is 0.350. The molecule has 3 amide bonds. The Balaban J connectivity index is 1.59. The molecule has 14 heteroatoms. The number of amides is 3. The molecule has 1 unspecified atom stereocenters. The summed E-state index contributed by atoms with van der Waals surface area (Å²) < 4.78 is 0. The van der Waals surface area contributed by atoms with Gasteiger partial charge in [0.15, 0.2) is 12.0 Å². The van der Waals surface area contributed by atoms with Gasteiger partial charge in [-0.15, -0.1) is 0 Å². The van der Waals surface area contributed by atoms with Crippen molar-refractivity contribution in [2.75, 3.05) is 18.4 Å². The molecule has 0 spiro atoms. The summed E-state index contributed by atoms with van der Waals surface area (Å²) in [6.07, 6.45) is -0.828. The minimum atomic E-state index is -1.32. The zero-order valence-electron chi connectivity index (χ0n) is 17.9. The van der Waals surface area contributed by atoms with Crippen molar-refractivity contribution in [2.24, 2.45) is 5.73 Å². The van der Waals surface area contributed by atoms with Crippen LogP contribution in [0.5, 0.6) is 0 Å². The number of benzene rings is 1. The van der Waals surface area contributed by atoms with Crippen LogP contribution < -0.4 is 32.3 Å². The highest BCUT2D eigenvalue weighted by Crippen LogP contribution is 2.19. The number of hydrogen-bond donors (Lipinski definition) is 8. The van der Waals surface area contributed by atoms with Crippen LogP contribution in [0.1, 0.15) is 23.2 Å². The van der Waals surface area contributed by atoms with Gasteiger partial charge in [-0.25, -0.2) is 4.79 Å². The fourth-order valence-corrected chi connectivity index (χ4v) is 3.52. The van der Waals surface area contributed by atoms with Crippen LogP contribution in [-0.4, -0.2) is 76.7 Å². The maximum absolute atomic E-state index is 12.3. The number of nitrogens with two attached hydrogens (primary N) is 1. The minimum Gasteiger partial charge on any atom is -0.481 e. The quantitative estimate of drug-likeness (QED) is 0.168. The van der Waals surface area contributed by atoms with E-state index in [-0.39, 0.29) is 24.2 Å². The molecule has 3 rings (SSSR count). The molecule has 14 nitrogen and oxygen atoms in total. The molecule has 0 fully saturated rings. The SMILES string of the molecule is NC1NC(=O)C2=C(NC[C@@H](CNc3ccc(C(=O)N[C@@H](CCC(=O)O)C(=O)O)cc3)N2C=O)N1. The molecule has 0 radical (unpaired) electrons. The number of carboxylic acids is 2. The number of aliphatic carboxylic acids is 2. The summed E-state index contributed by atoms with van der Waals surface area (Å²) in [5, 5.41) is 31.7. The second kappa shape index (κ2) is 10.5. The molecule has 0 saturated carbocycles. The first-order valence-corrected chi connectivity index (χ1v) is 10.3. The molecule has 0 bridgehead atoms. The Labute approximate surface area is 193 Å². The molecule has 0 aromatic heterocycles. The smallest absolute Gasteiger partial charge is 0.326 e. The van der Waals surface area contributed by atoms with Gasteiger partial charge in [-0.2, -0.15) is 0 Å². The summed E-state index contributed by atoms with van der Waals surface area (Å²) in [6, 6.07) is 4.43. The Kier molecular flexibility index (Phi) is 7.53. The molecule has 0 aliphatic carbocycles. The van der Waals surface area contributed by atoms with Crippen molar-refractivity contribution >= 4 is 35.9 Å². The van der Waals surface area contributed by atoms with Crippen LogP contribution in [0.2, 0.25) is 0 Å². The normalized spacial score (nSPS) is 20.1. The lowest BCUT2D eigenvalue weighted by atomic mass is 10.1. The highest BCUT2D eigenvalue weighted by atomic mass is 16.4. The molecule has 2 heterocycles. The molecule has 9 N–H and O–H groups in total. The predicted molar refractivity (Wildman–Crippen MR) is 117 cm³/mol. The first-order valence-electron chi connectivity index (χ1n) is 10.3. The summed E-state index contributed by atoms with van der Waals surface area (Å²) in [7, 11) is 0. The van der Waals surface area contributed by atoms with E-state index in [1.165, 1.54) is 17.0 Å². The Hall–Kier alpha value is -4.33. The maximum atomic E-state index is 12.3. The third-order valence-corrected chi connectivity index (χ3v) is 5.26. The van der Waals surface area contributed by atoms with Crippen molar-refractivity contribution in [3.63, 3.8) is 0 Å². The Morgan fingerprint density at radius 3 is 2.53 bits per heavy atom. The van der Waals surface area contributed by atoms with E-state index in [2.05, 4.69) is 26.6 Å². The van der Waals surface area contributed by atoms with Crippen LogP contribution in [0.4, 0.5) is 5.69 Å². The number of carbonyl (C=O) groups excluding carboxylic acids is 3. The van der Waals surface area contributed by atoms with E-state index in [1.807, 2.05) is 0 Å². The monoisotopic (exact) mass is 475 g/mol. The first-order chi connectivity index (χ1) is 16.2. The molecular weight excluding hydrogens is 450 g/mol. The highest BCUT2D eigenvalue weighted by molar-refractivity contribution is 5.97. The summed E-state index contributed by atoms with van der Waals surface area (Å²) in [6.45, 7) is 0.634. The van der Waals surface area contributed by atoms with Crippen molar-refractivity contribution in [3.05, 3.63) is 41.3 Å². The van der Waals surface area contributed by atoms with E-state index < -0.39 is 48.5 Å². The molecule has 34 heavy (non-hydrogen) atoms. The Bertz CT molecular complexity index is 1010. The lowest BCUT2D eigenvalue weighted by molar-refractivity contribution is -0.140. The summed E-state index contributed by atoms with van der Waals surface area (Å²) in [5.41, 5.74) is 6.62. The average molecular weight is 475 g/mol. The summed E-state index contributed by atoms with van der Waals surface area (Å²) in [4.78, 5) is 59.5. The molecule has 2 aliphatic rings. The summed E-state index contributed by atoms with van der Waals surface area (Å²) >= 11 is 0. The standard InChI is InChI=1S/C20H25N7O7/c21-20-25-16-15(18(32)26-20)27(9-28)12(8-23-16)7-22-11-3-1-10(2-4-11)17(31)24-13(19(33)34)5-6-14(29)30/h1-4,9,12-13,20,22-23,25H,5-8,21H2,(H,24,31)(H,26,32)(H,29,30)(H,33,34)/t12-,13+,20?/m1/s1. The van der Waals surface area contributed by atoms with E-state index in [0.29, 0.717) is 24.5 Å². The largest absolute Gasteiger partial charge is 0.481 e. The van der Waals surface area contributed by atoms with E-state index in [0.717, 1.165) is 0 Å². The van der Waals surface area contributed by atoms with Crippen LogP contribution in [0.15, 0.2) is 35.8 Å². The number of nitrogens with zero attached hydrogens (tertiary/aromatic N) is 1. The second-order valence-corrected chi connectivity index (χ2v) is 7.62. The van der Waals surface area contributed by atoms with Gasteiger partial charge in [-0.1, -0.05) is 0 Å². The number of carboxylic acid groups (broad SMARTS) is 2. The molecule has 1 aromatic carbocycles. The van der Waals surface area contributed by atoms with Crippen molar-refractivity contribution in [3.8, 4) is 0 Å². The molecule has 1 aromatic rings. The van der Waals surface area contributed by atoms with Crippen LogP contribution in [0, 0.1) is 0 Å². The van der Waals surface area contributed by atoms with Gasteiger partial charge in [-0.05, 0) is 30.7 Å². The molecule has 2 aliphatic heterocycles. The topological polar surface area (TPSA) is 215 Å². The Morgan fingerprint density at radius 1 is 1.21 bits per heavy atom. The van der Waals surface area contributed by atoms with Gasteiger partial charge >= 0.3 is 11.9 Å². The molecular formula is C20H25N7O7. The number of carbonyl (C=O) groups is 5. The van der Waals surface area contributed by atoms with Gasteiger partial charge in [0.25, 0.3) is 11.8 Å². The molecule has 0 saturated heterocycles. The van der Waals surface area contributed by atoms with Crippen molar-refractivity contribution in [1.29, 1.82) is 0 Å². The number of nitrogens with one attached hydrogen (secondary N) is 5. The lowest BCUT2D eigenvalue weighted by Gasteiger charge is -2.40. The van der Waals surface area contributed by atoms with Crippen molar-refractivity contribution < 1.29 is 34.2 Å². The number of hydrogen-bond acceptors (Lipinski definition) is 9. The van der Waals surface area contributed by atoms with E-state index in [1.54, 1.807) is 12.1 Å². The second-order valence-electron chi connectivity index (χ2n) is 7.62. The van der Waals surface area contributed by atoms with Gasteiger partial charge in [0, 0.05) is 30.8 Å².